The monoisotopic (exact) mass is 465 g/mol. The molecule has 3 rings (SSSR count). The van der Waals surface area contributed by atoms with Gasteiger partial charge in [0.2, 0.25) is 20.0 Å². The van der Waals surface area contributed by atoms with Gasteiger partial charge in [-0.25, -0.2) is 21.6 Å². The lowest BCUT2D eigenvalue weighted by atomic mass is 10.2. The molecule has 1 saturated heterocycles. The van der Waals surface area contributed by atoms with E-state index in [9.17, 15) is 21.6 Å². The Hall–Kier alpha value is -2.27. The maximum absolute atomic E-state index is 12.6. The summed E-state index contributed by atoms with van der Waals surface area (Å²) in [5, 5.41) is 2.73. The minimum absolute atomic E-state index is 0.129. The van der Waals surface area contributed by atoms with Crippen molar-refractivity contribution >= 4 is 26.0 Å². The van der Waals surface area contributed by atoms with Gasteiger partial charge in [0, 0.05) is 31.2 Å². The Bertz CT molecular complexity index is 1140. The first-order valence-electron chi connectivity index (χ1n) is 10.1. The van der Waals surface area contributed by atoms with E-state index in [1.807, 2.05) is 0 Å². The van der Waals surface area contributed by atoms with Gasteiger partial charge in [-0.2, -0.15) is 4.31 Å². The molecular formula is C21H27N3O5S2. The maximum Gasteiger partial charge on any atom is 0.251 e. The van der Waals surface area contributed by atoms with Gasteiger partial charge >= 0.3 is 0 Å². The number of benzene rings is 2. The molecule has 10 heteroatoms. The van der Waals surface area contributed by atoms with Crippen molar-refractivity contribution in [2.45, 2.75) is 49.1 Å². The Morgan fingerprint density at radius 2 is 1.61 bits per heavy atom. The fourth-order valence-corrected chi connectivity index (χ4v) is 6.18. The quantitative estimate of drug-likeness (QED) is 0.620. The number of nitrogens with zero attached hydrogens (tertiary/aromatic N) is 1. The van der Waals surface area contributed by atoms with Crippen LogP contribution >= 0.6 is 0 Å². The van der Waals surface area contributed by atoms with Crippen LogP contribution in [0.3, 0.4) is 0 Å². The zero-order chi connectivity index (χ0) is 22.6. The van der Waals surface area contributed by atoms with Crippen LogP contribution in [-0.4, -0.2) is 46.2 Å². The van der Waals surface area contributed by atoms with E-state index in [1.165, 1.54) is 40.7 Å². The Balaban J connectivity index is 1.66. The zero-order valence-electron chi connectivity index (χ0n) is 17.5. The van der Waals surface area contributed by atoms with E-state index in [1.54, 1.807) is 26.0 Å². The predicted molar refractivity (Wildman–Crippen MR) is 118 cm³/mol. The van der Waals surface area contributed by atoms with E-state index < -0.39 is 20.0 Å². The lowest BCUT2D eigenvalue weighted by Crippen LogP contribution is -2.30. The van der Waals surface area contributed by atoms with E-state index in [2.05, 4.69) is 10.0 Å². The van der Waals surface area contributed by atoms with Crippen molar-refractivity contribution in [1.29, 1.82) is 0 Å². The largest absolute Gasteiger partial charge is 0.348 e. The molecule has 0 radical (unpaired) electrons. The molecule has 168 valence electrons. The van der Waals surface area contributed by atoms with Crippen LogP contribution in [0.2, 0.25) is 0 Å². The number of hydrogen-bond acceptors (Lipinski definition) is 5. The molecule has 8 nitrogen and oxygen atoms in total. The Kier molecular flexibility index (Phi) is 7.15. The summed E-state index contributed by atoms with van der Waals surface area (Å²) in [6, 6.07) is 11.9. The third-order valence-corrected chi connectivity index (χ3v) is 8.44. The van der Waals surface area contributed by atoms with Gasteiger partial charge in [0.25, 0.3) is 5.91 Å². The number of rotatable bonds is 8. The Labute approximate surface area is 183 Å². The average Bonchev–Trinajstić information content (AvgIpc) is 3.27. The molecule has 1 aliphatic rings. The molecule has 0 aromatic heterocycles. The lowest BCUT2D eigenvalue weighted by molar-refractivity contribution is 0.0950. The molecule has 0 atom stereocenters. The third kappa shape index (κ3) is 5.70. The van der Waals surface area contributed by atoms with E-state index in [0.717, 1.165) is 12.8 Å². The number of amides is 1. The standard InChI is InChI=1S/C21H27N3O5S2/c1-16(2)23-30(26,27)20-7-5-6-17(14-20)15-22-21(25)18-8-10-19(11-9-18)31(28,29)24-12-3-4-13-24/h5-11,14,16,23H,3-4,12-13,15H2,1-2H3,(H,22,25). The summed E-state index contributed by atoms with van der Waals surface area (Å²) in [6.07, 6.45) is 1.71. The molecule has 0 spiro atoms. The third-order valence-electron chi connectivity index (χ3n) is 4.87. The molecule has 1 fully saturated rings. The first-order valence-corrected chi connectivity index (χ1v) is 13.0. The highest BCUT2D eigenvalue weighted by Crippen LogP contribution is 2.21. The zero-order valence-corrected chi connectivity index (χ0v) is 19.2. The van der Waals surface area contributed by atoms with Crippen molar-refractivity contribution in [2.24, 2.45) is 0 Å². The average molecular weight is 466 g/mol. The number of hydrogen-bond donors (Lipinski definition) is 2. The highest BCUT2D eigenvalue weighted by atomic mass is 32.2. The second kappa shape index (κ2) is 9.47. The van der Waals surface area contributed by atoms with E-state index in [0.29, 0.717) is 24.2 Å². The van der Waals surface area contributed by atoms with Gasteiger partial charge in [-0.05, 0) is 68.7 Å². The van der Waals surface area contributed by atoms with Crippen LogP contribution < -0.4 is 10.0 Å². The van der Waals surface area contributed by atoms with Gasteiger partial charge < -0.3 is 5.32 Å². The highest BCUT2D eigenvalue weighted by Gasteiger charge is 2.27. The fourth-order valence-electron chi connectivity index (χ4n) is 3.34. The molecule has 2 aromatic carbocycles. The summed E-state index contributed by atoms with van der Waals surface area (Å²) in [5.41, 5.74) is 0.957. The summed E-state index contributed by atoms with van der Waals surface area (Å²) < 4.78 is 53.8. The number of carbonyl (C=O) groups is 1. The first-order chi connectivity index (χ1) is 14.6. The molecule has 1 amide bonds. The number of nitrogens with one attached hydrogen (secondary N) is 2. The van der Waals surface area contributed by atoms with Crippen LogP contribution in [-0.2, 0) is 26.6 Å². The summed E-state index contributed by atoms with van der Waals surface area (Å²) in [6.45, 7) is 4.66. The molecule has 0 unspecified atom stereocenters. The molecule has 1 heterocycles. The maximum atomic E-state index is 12.6. The second-order valence-electron chi connectivity index (χ2n) is 7.74. The Morgan fingerprint density at radius 3 is 2.23 bits per heavy atom. The first kappa shape index (κ1) is 23.4. The van der Waals surface area contributed by atoms with Gasteiger partial charge in [-0.1, -0.05) is 12.1 Å². The molecule has 0 bridgehead atoms. The van der Waals surface area contributed by atoms with E-state index in [-0.39, 0.29) is 28.3 Å². The van der Waals surface area contributed by atoms with Crippen molar-refractivity contribution in [3.63, 3.8) is 0 Å². The predicted octanol–water partition coefficient (Wildman–Crippen LogP) is 2.09. The van der Waals surface area contributed by atoms with Gasteiger partial charge in [-0.15, -0.1) is 0 Å². The lowest BCUT2D eigenvalue weighted by Gasteiger charge is -2.15. The van der Waals surface area contributed by atoms with Crippen molar-refractivity contribution in [3.05, 3.63) is 59.7 Å². The van der Waals surface area contributed by atoms with Gasteiger partial charge in [0.05, 0.1) is 9.79 Å². The molecule has 31 heavy (non-hydrogen) atoms. The van der Waals surface area contributed by atoms with Crippen LogP contribution in [0.25, 0.3) is 0 Å². The molecular weight excluding hydrogens is 438 g/mol. The smallest absolute Gasteiger partial charge is 0.251 e. The van der Waals surface area contributed by atoms with Crippen LogP contribution in [0.15, 0.2) is 58.3 Å². The van der Waals surface area contributed by atoms with Gasteiger partial charge in [-0.3, -0.25) is 4.79 Å². The van der Waals surface area contributed by atoms with Crippen molar-refractivity contribution in [3.8, 4) is 0 Å². The summed E-state index contributed by atoms with van der Waals surface area (Å²) in [5.74, 6) is -0.376. The summed E-state index contributed by atoms with van der Waals surface area (Å²) in [4.78, 5) is 12.8. The van der Waals surface area contributed by atoms with Gasteiger partial charge in [0.1, 0.15) is 0 Å². The Morgan fingerprint density at radius 1 is 0.968 bits per heavy atom. The molecule has 0 saturated carbocycles. The van der Waals surface area contributed by atoms with Crippen molar-refractivity contribution in [1.82, 2.24) is 14.3 Å². The minimum Gasteiger partial charge on any atom is -0.348 e. The van der Waals surface area contributed by atoms with Crippen molar-refractivity contribution < 1.29 is 21.6 Å². The second-order valence-corrected chi connectivity index (χ2v) is 11.4. The summed E-state index contributed by atoms with van der Waals surface area (Å²) >= 11 is 0. The summed E-state index contributed by atoms with van der Waals surface area (Å²) in [7, 11) is -7.15. The molecule has 1 aliphatic heterocycles. The van der Waals surface area contributed by atoms with Crippen molar-refractivity contribution in [2.75, 3.05) is 13.1 Å². The fraction of sp³-hybridized carbons (Fsp3) is 0.381. The normalized spacial score (nSPS) is 15.3. The SMILES string of the molecule is CC(C)NS(=O)(=O)c1cccc(CNC(=O)c2ccc(S(=O)(=O)N3CCCC3)cc2)c1. The van der Waals surface area contributed by atoms with Crippen LogP contribution in [0.5, 0.6) is 0 Å². The molecule has 0 aliphatic carbocycles. The number of carbonyl (C=O) groups excluding carboxylic acids is 1. The van der Waals surface area contributed by atoms with Crippen LogP contribution in [0, 0.1) is 0 Å². The molecule has 2 N–H and O–H groups in total. The van der Waals surface area contributed by atoms with Crippen LogP contribution in [0.4, 0.5) is 0 Å². The minimum atomic E-state index is -3.62. The molecule has 2 aromatic rings. The van der Waals surface area contributed by atoms with Gasteiger partial charge in [0.15, 0.2) is 0 Å². The van der Waals surface area contributed by atoms with E-state index >= 15 is 0 Å². The highest BCUT2D eigenvalue weighted by molar-refractivity contribution is 7.89. The number of sulfonamides is 2. The topological polar surface area (TPSA) is 113 Å². The van der Waals surface area contributed by atoms with E-state index in [4.69, 9.17) is 0 Å². The van der Waals surface area contributed by atoms with Crippen LogP contribution in [0.1, 0.15) is 42.6 Å².